The third-order valence-electron chi connectivity index (χ3n) is 3.70. The second-order valence-corrected chi connectivity index (χ2v) is 5.91. The Morgan fingerprint density at radius 2 is 1.83 bits per heavy atom. The molecule has 1 saturated heterocycles. The van der Waals surface area contributed by atoms with E-state index >= 15 is 0 Å². The van der Waals surface area contributed by atoms with Crippen molar-refractivity contribution in [3.8, 4) is 0 Å². The molecule has 0 aromatic carbocycles. The van der Waals surface area contributed by atoms with E-state index in [0.29, 0.717) is 6.54 Å². The van der Waals surface area contributed by atoms with E-state index in [4.69, 9.17) is 23.7 Å². The molecule has 0 aliphatic carbocycles. The number of thiocarbonyl (C=S) groups is 1. The molecular formula is C12H21N3O2S. The molecule has 6 heteroatoms. The molecule has 1 aliphatic heterocycles. The summed E-state index contributed by atoms with van der Waals surface area (Å²) in [7, 11) is 0. The molecule has 0 radical (unpaired) electrons. The molecule has 0 bridgehead atoms. The topological polar surface area (TPSA) is 89.4 Å². The van der Waals surface area contributed by atoms with Gasteiger partial charge in [0.2, 0.25) is 11.8 Å². The highest BCUT2D eigenvalue weighted by molar-refractivity contribution is 7.80. The van der Waals surface area contributed by atoms with E-state index in [9.17, 15) is 9.59 Å². The Kier molecular flexibility index (Phi) is 4.32. The number of likely N-dealkylation sites (tertiary alicyclic amines) is 1. The molecule has 0 aromatic rings. The van der Waals surface area contributed by atoms with Gasteiger partial charge in [-0.3, -0.25) is 9.59 Å². The van der Waals surface area contributed by atoms with E-state index in [0.717, 1.165) is 12.8 Å². The number of nitrogens with two attached hydrogens (primary N) is 2. The van der Waals surface area contributed by atoms with Gasteiger partial charge in [-0.25, -0.2) is 0 Å². The third-order valence-corrected chi connectivity index (χ3v) is 4.21. The van der Waals surface area contributed by atoms with Gasteiger partial charge < -0.3 is 16.4 Å². The number of nitrogens with zero attached hydrogens (tertiary/aromatic N) is 1. The summed E-state index contributed by atoms with van der Waals surface area (Å²) in [4.78, 5) is 25.5. The Morgan fingerprint density at radius 3 is 2.28 bits per heavy atom. The summed E-state index contributed by atoms with van der Waals surface area (Å²) in [5.74, 6) is -0.756. The molecule has 0 spiro atoms. The zero-order chi connectivity index (χ0) is 14.1. The van der Waals surface area contributed by atoms with Crippen LogP contribution in [0.2, 0.25) is 0 Å². The maximum atomic E-state index is 12.4. The molecular weight excluding hydrogens is 250 g/mol. The second-order valence-electron chi connectivity index (χ2n) is 5.47. The summed E-state index contributed by atoms with van der Waals surface area (Å²) in [5.41, 5.74) is 10.0. The van der Waals surface area contributed by atoms with Crippen LogP contribution in [-0.4, -0.2) is 34.3 Å². The Balaban J connectivity index is 2.89. The van der Waals surface area contributed by atoms with Crippen molar-refractivity contribution < 1.29 is 9.59 Å². The fraction of sp³-hybridized carbons (Fsp3) is 0.750. The normalized spacial score (nSPS) is 24.7. The number of amides is 2. The van der Waals surface area contributed by atoms with Crippen LogP contribution in [0.3, 0.4) is 0 Å². The largest absolute Gasteiger partial charge is 0.392 e. The predicted molar refractivity (Wildman–Crippen MR) is 73.7 cm³/mol. The minimum absolute atomic E-state index is 0.0849. The number of piperidine rings is 1. The van der Waals surface area contributed by atoms with E-state index in [1.54, 1.807) is 18.7 Å². The summed E-state index contributed by atoms with van der Waals surface area (Å²) < 4.78 is 0. The summed E-state index contributed by atoms with van der Waals surface area (Å²) in [5, 5.41) is 0. The quantitative estimate of drug-likeness (QED) is 0.728. The van der Waals surface area contributed by atoms with Crippen LogP contribution in [0.25, 0.3) is 0 Å². The van der Waals surface area contributed by atoms with Crippen molar-refractivity contribution in [3.63, 3.8) is 0 Å². The minimum atomic E-state index is -0.886. The van der Waals surface area contributed by atoms with Crippen molar-refractivity contribution in [3.05, 3.63) is 0 Å². The van der Waals surface area contributed by atoms with Crippen molar-refractivity contribution in [1.29, 1.82) is 0 Å². The highest BCUT2D eigenvalue weighted by atomic mass is 32.1. The van der Waals surface area contributed by atoms with Crippen molar-refractivity contribution in [2.75, 3.05) is 6.54 Å². The third kappa shape index (κ3) is 2.80. The second kappa shape index (κ2) is 5.22. The smallest absolute Gasteiger partial charge is 0.235 e. The fourth-order valence-corrected chi connectivity index (χ4v) is 2.17. The van der Waals surface area contributed by atoms with Crippen molar-refractivity contribution in [2.45, 2.75) is 39.7 Å². The van der Waals surface area contributed by atoms with Gasteiger partial charge in [0.15, 0.2) is 0 Å². The van der Waals surface area contributed by atoms with Gasteiger partial charge in [0.05, 0.1) is 16.3 Å². The zero-order valence-electron chi connectivity index (χ0n) is 11.1. The van der Waals surface area contributed by atoms with Crippen LogP contribution in [0.15, 0.2) is 0 Å². The van der Waals surface area contributed by atoms with E-state index in [1.807, 2.05) is 6.92 Å². The lowest BCUT2D eigenvalue weighted by atomic mass is 9.87. The Hall–Kier alpha value is -1.17. The summed E-state index contributed by atoms with van der Waals surface area (Å²) in [6.45, 7) is 5.74. The van der Waals surface area contributed by atoms with Crippen LogP contribution < -0.4 is 11.5 Å². The molecule has 0 saturated carbocycles. The van der Waals surface area contributed by atoms with Crippen LogP contribution in [0.1, 0.15) is 33.6 Å². The van der Waals surface area contributed by atoms with Gasteiger partial charge in [-0.2, -0.15) is 0 Å². The summed E-state index contributed by atoms with van der Waals surface area (Å²) in [6.07, 6.45) is 1.50. The lowest BCUT2D eigenvalue weighted by molar-refractivity contribution is -0.142. The van der Waals surface area contributed by atoms with Gasteiger partial charge in [-0.15, -0.1) is 0 Å². The van der Waals surface area contributed by atoms with Crippen LogP contribution >= 0.6 is 12.2 Å². The molecule has 5 nitrogen and oxygen atoms in total. The van der Waals surface area contributed by atoms with Crippen LogP contribution in [-0.2, 0) is 9.59 Å². The molecule has 1 heterocycles. The molecule has 4 N–H and O–H groups in total. The number of hydrogen-bond acceptors (Lipinski definition) is 3. The zero-order valence-corrected chi connectivity index (χ0v) is 11.9. The van der Waals surface area contributed by atoms with Gasteiger partial charge in [0.25, 0.3) is 0 Å². The number of carbonyl (C=O) groups excluding carboxylic acids is 2. The first-order valence-corrected chi connectivity index (χ1v) is 6.49. The minimum Gasteiger partial charge on any atom is -0.392 e. The SMILES string of the molecule is CC1CCC(C(N)=O)CN1C(=O)C(C)(C)C(N)=S. The highest BCUT2D eigenvalue weighted by Gasteiger charge is 2.40. The van der Waals surface area contributed by atoms with E-state index in [2.05, 4.69) is 0 Å². The predicted octanol–water partition coefficient (Wildman–Crippen LogP) is 0.411. The standard InChI is InChI=1S/C12H21N3O2S/c1-7-4-5-8(9(13)16)6-15(7)11(17)12(2,3)10(14)18/h7-8H,4-6H2,1-3H3,(H2,13,16)(H2,14,18). The Bertz CT molecular complexity index is 382. The Labute approximate surface area is 113 Å². The summed E-state index contributed by atoms with van der Waals surface area (Å²) in [6, 6.07) is 0.0849. The van der Waals surface area contributed by atoms with Crippen molar-refractivity contribution >= 4 is 29.0 Å². The molecule has 2 unspecified atom stereocenters. The molecule has 2 amide bonds. The fourth-order valence-electron chi connectivity index (χ4n) is 2.09. The van der Waals surface area contributed by atoms with Crippen molar-refractivity contribution in [2.24, 2.45) is 22.8 Å². The monoisotopic (exact) mass is 271 g/mol. The average molecular weight is 271 g/mol. The molecule has 102 valence electrons. The number of rotatable bonds is 3. The van der Waals surface area contributed by atoms with Crippen LogP contribution in [0.4, 0.5) is 0 Å². The molecule has 1 aliphatic rings. The maximum Gasteiger partial charge on any atom is 0.235 e. The lowest BCUT2D eigenvalue weighted by Crippen LogP contribution is -2.55. The van der Waals surface area contributed by atoms with Gasteiger partial charge in [0, 0.05) is 12.6 Å². The molecule has 0 aromatic heterocycles. The number of primary amides is 1. The molecule has 1 fully saturated rings. The van der Waals surface area contributed by atoms with Gasteiger partial charge in [-0.1, -0.05) is 12.2 Å². The number of carbonyl (C=O) groups is 2. The van der Waals surface area contributed by atoms with E-state index in [-0.39, 0.29) is 28.8 Å². The van der Waals surface area contributed by atoms with Gasteiger partial charge >= 0.3 is 0 Å². The van der Waals surface area contributed by atoms with Crippen molar-refractivity contribution in [1.82, 2.24) is 4.90 Å². The average Bonchev–Trinajstić information content (AvgIpc) is 2.28. The first-order chi connectivity index (χ1) is 8.17. The van der Waals surface area contributed by atoms with E-state index in [1.165, 1.54) is 0 Å². The molecule has 1 rings (SSSR count). The Morgan fingerprint density at radius 1 is 1.28 bits per heavy atom. The van der Waals surface area contributed by atoms with E-state index < -0.39 is 5.41 Å². The summed E-state index contributed by atoms with van der Waals surface area (Å²) >= 11 is 4.94. The number of hydrogen-bond donors (Lipinski definition) is 2. The van der Waals surface area contributed by atoms with Gasteiger partial charge in [-0.05, 0) is 33.6 Å². The maximum absolute atomic E-state index is 12.4. The molecule has 18 heavy (non-hydrogen) atoms. The lowest BCUT2D eigenvalue weighted by Gasteiger charge is -2.40. The first kappa shape index (κ1) is 14.9. The van der Waals surface area contributed by atoms with Crippen LogP contribution in [0, 0.1) is 11.3 Å². The van der Waals surface area contributed by atoms with Crippen LogP contribution in [0.5, 0.6) is 0 Å². The first-order valence-electron chi connectivity index (χ1n) is 6.08. The highest BCUT2D eigenvalue weighted by Crippen LogP contribution is 2.27. The molecule has 2 atom stereocenters. The van der Waals surface area contributed by atoms with Gasteiger partial charge in [0.1, 0.15) is 0 Å².